The highest BCUT2D eigenvalue weighted by Crippen LogP contribution is 2.30. The third kappa shape index (κ3) is 1.96. The lowest BCUT2D eigenvalue weighted by Gasteiger charge is -2.19. The Hall–Kier alpha value is -0.0400. The third-order valence-electron chi connectivity index (χ3n) is 3.19. The first-order valence-corrected chi connectivity index (χ1v) is 5.06. The van der Waals surface area contributed by atoms with Gasteiger partial charge in [0.25, 0.3) is 0 Å². The van der Waals surface area contributed by atoms with Gasteiger partial charge in [0.15, 0.2) is 0 Å². The average Bonchev–Trinajstić information content (AvgIpc) is 2.73. The van der Waals surface area contributed by atoms with Crippen LogP contribution in [0.4, 0.5) is 0 Å². The zero-order valence-electron chi connectivity index (χ0n) is 7.55. The van der Waals surface area contributed by atoms with Crippen molar-refractivity contribution in [3.8, 4) is 0 Å². The van der Waals surface area contributed by atoms with Crippen LogP contribution in [0.1, 0.15) is 38.5 Å². The molecule has 0 saturated heterocycles. The number of rotatable bonds is 3. The molecule has 1 heteroatoms. The van der Waals surface area contributed by atoms with Crippen molar-refractivity contribution < 1.29 is 0 Å². The molecule has 1 nitrogen and oxygen atoms in total. The first kappa shape index (κ1) is 7.60. The van der Waals surface area contributed by atoms with Crippen molar-refractivity contribution in [3.05, 3.63) is 0 Å². The van der Waals surface area contributed by atoms with E-state index < -0.39 is 0 Å². The highest BCUT2D eigenvalue weighted by atomic mass is 15.2. The number of hydrogen-bond acceptors (Lipinski definition) is 1. The predicted octanol–water partition coefficient (Wildman–Crippen LogP) is 2.27. The van der Waals surface area contributed by atoms with E-state index in [1.807, 2.05) is 0 Å². The Balaban J connectivity index is 1.70. The zero-order chi connectivity index (χ0) is 7.68. The lowest BCUT2D eigenvalue weighted by Crippen LogP contribution is -2.26. The van der Waals surface area contributed by atoms with E-state index in [1.165, 1.54) is 45.1 Å². The second-order valence-corrected chi connectivity index (χ2v) is 4.32. The quantitative estimate of drug-likeness (QED) is 0.601. The number of nitrogens with zero attached hydrogens (tertiary/aromatic N) is 1. The summed E-state index contributed by atoms with van der Waals surface area (Å²) in [7, 11) is 2.30. The molecule has 11 heavy (non-hydrogen) atoms. The van der Waals surface area contributed by atoms with E-state index in [-0.39, 0.29) is 0 Å². The molecule has 0 aliphatic heterocycles. The van der Waals surface area contributed by atoms with Gasteiger partial charge in [-0.05, 0) is 38.6 Å². The van der Waals surface area contributed by atoms with Crippen LogP contribution in [0.25, 0.3) is 0 Å². The Morgan fingerprint density at radius 3 is 2.27 bits per heavy atom. The summed E-state index contributed by atoms with van der Waals surface area (Å²) >= 11 is 0. The fourth-order valence-electron chi connectivity index (χ4n) is 2.26. The van der Waals surface area contributed by atoms with Gasteiger partial charge in [-0.2, -0.15) is 0 Å². The summed E-state index contributed by atoms with van der Waals surface area (Å²) in [5, 5.41) is 0. The zero-order valence-corrected chi connectivity index (χ0v) is 7.55. The van der Waals surface area contributed by atoms with Gasteiger partial charge in [0.2, 0.25) is 0 Å². The molecule has 0 spiro atoms. The van der Waals surface area contributed by atoms with Crippen LogP contribution in [-0.4, -0.2) is 24.5 Å². The Kier molecular flexibility index (Phi) is 2.17. The molecule has 64 valence electrons. The molecular weight excluding hydrogens is 134 g/mol. The van der Waals surface area contributed by atoms with Crippen molar-refractivity contribution in [3.63, 3.8) is 0 Å². The molecule has 2 rings (SSSR count). The van der Waals surface area contributed by atoms with E-state index in [9.17, 15) is 0 Å². The average molecular weight is 153 g/mol. The molecular formula is C10H19N. The Bertz CT molecular complexity index is 123. The number of hydrogen-bond donors (Lipinski definition) is 0. The molecule has 2 fully saturated rings. The van der Waals surface area contributed by atoms with E-state index in [0.717, 1.165) is 12.0 Å². The molecule has 0 radical (unpaired) electrons. The van der Waals surface area contributed by atoms with Crippen LogP contribution < -0.4 is 0 Å². The van der Waals surface area contributed by atoms with Crippen molar-refractivity contribution in [2.75, 3.05) is 13.6 Å². The maximum Gasteiger partial charge on any atom is 0.00934 e. The summed E-state index contributed by atoms with van der Waals surface area (Å²) in [6, 6.07) is 0.968. The molecule has 0 heterocycles. The van der Waals surface area contributed by atoms with Gasteiger partial charge in [0.05, 0.1) is 0 Å². The van der Waals surface area contributed by atoms with E-state index in [0.29, 0.717) is 0 Å². The fourth-order valence-corrected chi connectivity index (χ4v) is 2.26. The van der Waals surface area contributed by atoms with Gasteiger partial charge >= 0.3 is 0 Å². The van der Waals surface area contributed by atoms with Crippen LogP contribution in [0.3, 0.4) is 0 Å². The molecule has 2 aliphatic carbocycles. The molecule has 0 atom stereocenters. The normalized spacial score (nSPS) is 26.7. The molecule has 0 aromatic heterocycles. The van der Waals surface area contributed by atoms with Gasteiger partial charge in [-0.1, -0.05) is 12.8 Å². The Labute approximate surface area is 69.8 Å². The van der Waals surface area contributed by atoms with Crippen molar-refractivity contribution in [2.24, 2.45) is 5.92 Å². The molecule has 0 amide bonds. The standard InChI is InChI=1S/C10H19N/c1-11(10-6-7-10)8-9-4-2-3-5-9/h9-10H,2-8H2,1H3. The second kappa shape index (κ2) is 3.14. The van der Waals surface area contributed by atoms with Crippen molar-refractivity contribution in [1.82, 2.24) is 4.90 Å². The van der Waals surface area contributed by atoms with Crippen molar-refractivity contribution in [1.29, 1.82) is 0 Å². The van der Waals surface area contributed by atoms with Gasteiger partial charge in [0, 0.05) is 12.6 Å². The molecule has 0 bridgehead atoms. The van der Waals surface area contributed by atoms with Gasteiger partial charge in [-0.3, -0.25) is 0 Å². The second-order valence-electron chi connectivity index (χ2n) is 4.32. The van der Waals surface area contributed by atoms with Crippen LogP contribution in [0.2, 0.25) is 0 Å². The highest BCUT2D eigenvalue weighted by Gasteiger charge is 2.28. The molecule has 2 saturated carbocycles. The summed E-state index contributed by atoms with van der Waals surface area (Å²) in [6.07, 6.45) is 8.90. The van der Waals surface area contributed by atoms with E-state index >= 15 is 0 Å². The van der Waals surface area contributed by atoms with E-state index in [2.05, 4.69) is 11.9 Å². The molecule has 0 aromatic carbocycles. The molecule has 0 aromatic rings. The van der Waals surface area contributed by atoms with Crippen LogP contribution in [-0.2, 0) is 0 Å². The fraction of sp³-hybridized carbons (Fsp3) is 1.00. The van der Waals surface area contributed by atoms with Crippen LogP contribution in [0, 0.1) is 5.92 Å². The van der Waals surface area contributed by atoms with Gasteiger partial charge in [0.1, 0.15) is 0 Å². The van der Waals surface area contributed by atoms with Crippen molar-refractivity contribution in [2.45, 2.75) is 44.6 Å². The SMILES string of the molecule is CN(CC1CCCC1)C1CC1. The first-order valence-electron chi connectivity index (χ1n) is 5.06. The predicted molar refractivity (Wildman–Crippen MR) is 47.6 cm³/mol. The monoisotopic (exact) mass is 153 g/mol. The maximum atomic E-state index is 2.58. The maximum absolute atomic E-state index is 2.58. The Morgan fingerprint density at radius 2 is 1.73 bits per heavy atom. The van der Waals surface area contributed by atoms with Crippen LogP contribution in [0.5, 0.6) is 0 Å². The minimum Gasteiger partial charge on any atom is -0.303 e. The summed E-state index contributed by atoms with van der Waals surface area (Å²) in [5.41, 5.74) is 0. The summed E-state index contributed by atoms with van der Waals surface area (Å²) < 4.78 is 0. The minimum absolute atomic E-state index is 0.968. The van der Waals surface area contributed by atoms with E-state index in [4.69, 9.17) is 0 Å². The third-order valence-corrected chi connectivity index (χ3v) is 3.19. The highest BCUT2D eigenvalue weighted by molar-refractivity contribution is 4.84. The van der Waals surface area contributed by atoms with Crippen molar-refractivity contribution >= 4 is 0 Å². The lowest BCUT2D eigenvalue weighted by molar-refractivity contribution is 0.269. The Morgan fingerprint density at radius 1 is 1.09 bits per heavy atom. The van der Waals surface area contributed by atoms with Crippen LogP contribution >= 0.6 is 0 Å². The summed E-state index contributed by atoms with van der Waals surface area (Å²) in [6.45, 7) is 1.38. The smallest absolute Gasteiger partial charge is 0.00934 e. The lowest BCUT2D eigenvalue weighted by atomic mass is 10.1. The van der Waals surface area contributed by atoms with Gasteiger partial charge in [-0.25, -0.2) is 0 Å². The summed E-state index contributed by atoms with van der Waals surface area (Å²) in [5.74, 6) is 1.04. The first-order chi connectivity index (χ1) is 5.36. The topological polar surface area (TPSA) is 3.24 Å². The van der Waals surface area contributed by atoms with Crippen LogP contribution in [0.15, 0.2) is 0 Å². The summed E-state index contributed by atoms with van der Waals surface area (Å²) in [4.78, 5) is 2.58. The molecule has 0 N–H and O–H groups in total. The molecule has 2 aliphatic rings. The van der Waals surface area contributed by atoms with Gasteiger partial charge in [-0.15, -0.1) is 0 Å². The minimum atomic E-state index is 0.968. The van der Waals surface area contributed by atoms with Gasteiger partial charge < -0.3 is 4.90 Å². The molecule has 0 unspecified atom stereocenters. The largest absolute Gasteiger partial charge is 0.303 e. The van der Waals surface area contributed by atoms with E-state index in [1.54, 1.807) is 0 Å².